The zero-order valence-corrected chi connectivity index (χ0v) is 12.7. The van der Waals surface area contributed by atoms with Crippen LogP contribution in [0.3, 0.4) is 0 Å². The summed E-state index contributed by atoms with van der Waals surface area (Å²) in [5.41, 5.74) is 3.81. The Morgan fingerprint density at radius 1 is 1.00 bits per heavy atom. The van der Waals surface area contributed by atoms with Crippen molar-refractivity contribution in [2.24, 2.45) is 5.92 Å². The van der Waals surface area contributed by atoms with E-state index < -0.39 is 0 Å². The topological polar surface area (TPSA) is 27.7 Å². The van der Waals surface area contributed by atoms with Gasteiger partial charge in [0.25, 0.3) is 0 Å². The number of hydrogen-bond acceptors (Lipinski definition) is 3. The zero-order valence-electron chi connectivity index (χ0n) is 12.7. The van der Waals surface area contributed by atoms with Crippen LogP contribution in [0.5, 0.6) is 5.75 Å². The van der Waals surface area contributed by atoms with Crippen LogP contribution in [-0.2, 0) is 16.1 Å². The third kappa shape index (κ3) is 2.31. The molecule has 0 amide bonds. The van der Waals surface area contributed by atoms with Gasteiger partial charge in [-0.3, -0.25) is 0 Å². The highest BCUT2D eigenvalue weighted by atomic mass is 16.5. The fourth-order valence-corrected chi connectivity index (χ4v) is 3.64. The first-order chi connectivity index (χ1) is 10.9. The molecule has 0 bridgehead atoms. The van der Waals surface area contributed by atoms with Crippen LogP contribution in [0.15, 0.2) is 48.5 Å². The van der Waals surface area contributed by atoms with Crippen molar-refractivity contribution in [1.82, 2.24) is 0 Å². The molecular weight excluding hydrogens is 276 g/mol. The molecule has 3 heteroatoms. The third-order valence-corrected chi connectivity index (χ3v) is 4.73. The summed E-state index contributed by atoms with van der Waals surface area (Å²) in [5, 5.41) is 0. The minimum absolute atomic E-state index is 0.0752. The van der Waals surface area contributed by atoms with Crippen molar-refractivity contribution in [2.45, 2.75) is 25.2 Å². The maximum absolute atomic E-state index is 6.10. The summed E-state index contributed by atoms with van der Waals surface area (Å²) in [6, 6.07) is 16.7. The molecule has 0 spiro atoms. The Morgan fingerprint density at radius 2 is 1.91 bits per heavy atom. The molecule has 0 unspecified atom stereocenters. The van der Waals surface area contributed by atoms with Crippen molar-refractivity contribution in [1.29, 1.82) is 0 Å². The number of fused-ring (bicyclic) bond motifs is 1. The molecule has 4 rings (SSSR count). The van der Waals surface area contributed by atoms with E-state index in [2.05, 4.69) is 36.4 Å². The Balaban J connectivity index is 1.64. The van der Waals surface area contributed by atoms with Gasteiger partial charge in [0.2, 0.25) is 0 Å². The van der Waals surface area contributed by atoms with Gasteiger partial charge in [-0.1, -0.05) is 36.4 Å². The van der Waals surface area contributed by atoms with Crippen molar-refractivity contribution in [2.75, 3.05) is 13.7 Å². The lowest BCUT2D eigenvalue weighted by Gasteiger charge is -2.25. The Bertz CT molecular complexity index is 667. The molecule has 0 aliphatic carbocycles. The summed E-state index contributed by atoms with van der Waals surface area (Å²) in [7, 11) is 1.70. The minimum Gasteiger partial charge on any atom is -0.497 e. The summed E-state index contributed by atoms with van der Waals surface area (Å²) in [5.74, 6) is 1.23. The Labute approximate surface area is 130 Å². The average molecular weight is 296 g/mol. The van der Waals surface area contributed by atoms with E-state index in [1.54, 1.807) is 7.11 Å². The fraction of sp³-hybridized carbons (Fsp3) is 0.368. The maximum Gasteiger partial charge on any atom is 0.119 e. The molecular formula is C19H20O3. The largest absolute Gasteiger partial charge is 0.497 e. The van der Waals surface area contributed by atoms with Crippen LogP contribution in [0, 0.1) is 5.92 Å². The van der Waals surface area contributed by atoms with Crippen LogP contribution < -0.4 is 4.74 Å². The van der Waals surface area contributed by atoms with E-state index in [1.165, 1.54) is 16.7 Å². The highest BCUT2D eigenvalue weighted by Crippen LogP contribution is 2.47. The van der Waals surface area contributed by atoms with Crippen LogP contribution in [0.25, 0.3) is 0 Å². The summed E-state index contributed by atoms with van der Waals surface area (Å²) < 4.78 is 17.5. The highest BCUT2D eigenvalue weighted by molar-refractivity contribution is 5.34. The molecule has 2 aliphatic heterocycles. The van der Waals surface area contributed by atoms with Gasteiger partial charge in [-0.2, -0.15) is 0 Å². The Hall–Kier alpha value is -1.84. The van der Waals surface area contributed by atoms with Gasteiger partial charge in [0.1, 0.15) is 5.75 Å². The van der Waals surface area contributed by atoms with E-state index in [0.717, 1.165) is 18.8 Å². The first-order valence-electron chi connectivity index (χ1n) is 7.82. The van der Waals surface area contributed by atoms with E-state index >= 15 is 0 Å². The lowest BCUT2D eigenvalue weighted by atomic mass is 9.86. The van der Waals surface area contributed by atoms with Crippen LogP contribution >= 0.6 is 0 Å². The predicted octanol–water partition coefficient (Wildman–Crippen LogP) is 4.04. The summed E-state index contributed by atoms with van der Waals surface area (Å²) in [4.78, 5) is 0. The lowest BCUT2D eigenvalue weighted by Crippen LogP contribution is -2.16. The predicted molar refractivity (Wildman–Crippen MR) is 83.8 cm³/mol. The van der Waals surface area contributed by atoms with Gasteiger partial charge in [-0.05, 0) is 35.2 Å². The van der Waals surface area contributed by atoms with Crippen LogP contribution in [-0.4, -0.2) is 13.7 Å². The lowest BCUT2D eigenvalue weighted by molar-refractivity contribution is -0.0116. The second-order valence-electron chi connectivity index (χ2n) is 5.95. The SMILES string of the molecule is COc1cccc([C@H]2OCC[C@@H]2[C@@H]2OCc3ccccc32)c1. The smallest absolute Gasteiger partial charge is 0.119 e. The molecule has 3 nitrogen and oxygen atoms in total. The molecule has 0 N–H and O–H groups in total. The van der Waals surface area contributed by atoms with Gasteiger partial charge in [0, 0.05) is 12.5 Å². The minimum atomic E-state index is 0.0752. The number of hydrogen-bond donors (Lipinski definition) is 0. The third-order valence-electron chi connectivity index (χ3n) is 4.73. The number of benzene rings is 2. The van der Waals surface area contributed by atoms with Crippen molar-refractivity contribution in [3.8, 4) is 5.75 Å². The monoisotopic (exact) mass is 296 g/mol. The Kier molecular flexibility index (Phi) is 3.60. The average Bonchev–Trinajstić information content (AvgIpc) is 3.21. The number of methoxy groups -OCH3 is 1. The zero-order chi connectivity index (χ0) is 14.9. The molecule has 22 heavy (non-hydrogen) atoms. The van der Waals surface area contributed by atoms with Crippen LogP contribution in [0.2, 0.25) is 0 Å². The van der Waals surface area contributed by atoms with Crippen molar-refractivity contribution in [3.63, 3.8) is 0 Å². The molecule has 0 saturated carbocycles. The molecule has 0 aromatic heterocycles. The summed E-state index contributed by atoms with van der Waals surface area (Å²) >= 11 is 0. The van der Waals surface area contributed by atoms with E-state index in [0.29, 0.717) is 12.5 Å². The van der Waals surface area contributed by atoms with Crippen molar-refractivity contribution in [3.05, 3.63) is 65.2 Å². The van der Waals surface area contributed by atoms with Gasteiger partial charge in [0.05, 0.1) is 25.9 Å². The maximum atomic E-state index is 6.10. The fourth-order valence-electron chi connectivity index (χ4n) is 3.64. The van der Waals surface area contributed by atoms with Gasteiger partial charge in [-0.25, -0.2) is 0 Å². The second-order valence-corrected chi connectivity index (χ2v) is 5.95. The standard InChI is InChI=1S/C19H20O3/c1-20-15-7-4-6-13(11-15)18-17(9-10-21-18)19-16-8-3-2-5-14(16)12-22-19/h2-8,11,17-19H,9-10,12H2,1H3/t17-,18+,19+/m0/s1. The van der Waals surface area contributed by atoms with E-state index in [-0.39, 0.29) is 12.2 Å². The first-order valence-corrected chi connectivity index (χ1v) is 7.82. The Morgan fingerprint density at radius 3 is 2.82 bits per heavy atom. The molecule has 2 aromatic rings. The molecule has 2 aromatic carbocycles. The van der Waals surface area contributed by atoms with E-state index in [1.807, 2.05) is 12.1 Å². The number of ether oxygens (including phenoxy) is 3. The quantitative estimate of drug-likeness (QED) is 0.855. The molecule has 1 fully saturated rings. The van der Waals surface area contributed by atoms with E-state index in [9.17, 15) is 0 Å². The van der Waals surface area contributed by atoms with Crippen molar-refractivity contribution < 1.29 is 14.2 Å². The molecule has 2 heterocycles. The normalized spacial score (nSPS) is 26.9. The molecule has 2 aliphatic rings. The van der Waals surface area contributed by atoms with Crippen LogP contribution in [0.1, 0.15) is 35.3 Å². The van der Waals surface area contributed by atoms with Gasteiger partial charge in [0.15, 0.2) is 0 Å². The van der Waals surface area contributed by atoms with Crippen LogP contribution in [0.4, 0.5) is 0 Å². The molecule has 3 atom stereocenters. The molecule has 0 radical (unpaired) electrons. The molecule has 1 saturated heterocycles. The van der Waals surface area contributed by atoms with E-state index in [4.69, 9.17) is 14.2 Å². The summed E-state index contributed by atoms with van der Waals surface area (Å²) in [6.45, 7) is 1.50. The van der Waals surface area contributed by atoms with Gasteiger partial charge >= 0.3 is 0 Å². The second kappa shape index (κ2) is 5.75. The first kappa shape index (κ1) is 13.8. The summed E-state index contributed by atoms with van der Waals surface area (Å²) in [6.07, 6.45) is 1.24. The molecule has 114 valence electrons. The van der Waals surface area contributed by atoms with Gasteiger partial charge < -0.3 is 14.2 Å². The highest BCUT2D eigenvalue weighted by Gasteiger charge is 2.40. The van der Waals surface area contributed by atoms with Gasteiger partial charge in [-0.15, -0.1) is 0 Å². The number of rotatable bonds is 3. The van der Waals surface area contributed by atoms with Crippen molar-refractivity contribution >= 4 is 0 Å².